The number of nitrogens with one attached hydrogen (secondary N) is 2. The summed E-state index contributed by atoms with van der Waals surface area (Å²) in [5, 5.41) is 5.72. The van der Waals surface area contributed by atoms with Gasteiger partial charge in [0.05, 0.1) is 6.42 Å². The van der Waals surface area contributed by atoms with Gasteiger partial charge in [0.1, 0.15) is 0 Å². The van der Waals surface area contributed by atoms with Crippen molar-refractivity contribution >= 4 is 23.3 Å². The van der Waals surface area contributed by atoms with E-state index in [1.165, 1.54) is 0 Å². The quantitative estimate of drug-likeness (QED) is 0.850. The molecular weight excluding hydrogens is 302 g/mol. The van der Waals surface area contributed by atoms with Crippen molar-refractivity contribution in [1.29, 1.82) is 0 Å². The van der Waals surface area contributed by atoms with Crippen molar-refractivity contribution in [2.75, 3.05) is 23.7 Å². The van der Waals surface area contributed by atoms with Crippen LogP contribution in [0.1, 0.15) is 19.4 Å². The number of nitrogens with zero attached hydrogens (tertiary/aromatic N) is 1. The molecule has 0 radical (unpaired) electrons. The molecule has 5 nitrogen and oxygen atoms in total. The molecule has 2 aromatic rings. The highest BCUT2D eigenvalue weighted by Crippen LogP contribution is 2.13. The van der Waals surface area contributed by atoms with Gasteiger partial charge in [-0.25, -0.2) is 4.79 Å². The molecule has 0 aromatic heterocycles. The Morgan fingerprint density at radius 2 is 1.54 bits per heavy atom. The number of carbonyl (C=O) groups is 2. The largest absolute Gasteiger partial charge is 0.326 e. The van der Waals surface area contributed by atoms with Crippen LogP contribution in [-0.2, 0) is 11.2 Å². The maximum atomic E-state index is 12.1. The minimum Gasteiger partial charge on any atom is -0.326 e. The zero-order valence-corrected chi connectivity index (χ0v) is 14.1. The fourth-order valence-corrected chi connectivity index (χ4v) is 2.38. The Labute approximate surface area is 142 Å². The smallest absolute Gasteiger partial charge is 0.321 e. The van der Waals surface area contributed by atoms with Crippen molar-refractivity contribution in [2.45, 2.75) is 20.3 Å². The maximum Gasteiger partial charge on any atom is 0.321 e. The minimum absolute atomic E-state index is 0.0894. The molecule has 0 saturated heterocycles. The summed E-state index contributed by atoms with van der Waals surface area (Å²) in [4.78, 5) is 25.9. The van der Waals surface area contributed by atoms with E-state index in [1.807, 2.05) is 68.4 Å². The minimum atomic E-state index is -0.133. The second-order valence-corrected chi connectivity index (χ2v) is 5.39. The lowest BCUT2D eigenvalue weighted by Crippen LogP contribution is -2.34. The molecule has 0 atom stereocenters. The average Bonchev–Trinajstić information content (AvgIpc) is 2.57. The standard InChI is InChI=1S/C19H23N3O2/c1-3-22(4-2)19(24)21-17-12-8-9-15(13-17)14-18(23)20-16-10-6-5-7-11-16/h5-13H,3-4,14H2,1-2H3,(H,20,23)(H,21,24). The van der Waals surface area contributed by atoms with Crippen molar-refractivity contribution < 1.29 is 9.59 Å². The lowest BCUT2D eigenvalue weighted by molar-refractivity contribution is -0.115. The SMILES string of the molecule is CCN(CC)C(=O)Nc1cccc(CC(=O)Nc2ccccc2)c1. The highest BCUT2D eigenvalue weighted by atomic mass is 16.2. The number of hydrogen-bond acceptors (Lipinski definition) is 2. The number of urea groups is 1. The monoisotopic (exact) mass is 325 g/mol. The second kappa shape index (κ2) is 8.72. The number of anilines is 2. The number of rotatable bonds is 6. The van der Waals surface area contributed by atoms with Crippen molar-refractivity contribution in [3.63, 3.8) is 0 Å². The third kappa shape index (κ3) is 5.12. The summed E-state index contributed by atoms with van der Waals surface area (Å²) < 4.78 is 0. The first-order valence-corrected chi connectivity index (χ1v) is 8.12. The number of hydrogen-bond donors (Lipinski definition) is 2. The van der Waals surface area contributed by atoms with E-state index in [9.17, 15) is 9.59 Å². The van der Waals surface area contributed by atoms with Crippen LogP contribution in [0.15, 0.2) is 54.6 Å². The molecule has 0 bridgehead atoms. The van der Waals surface area contributed by atoms with Gasteiger partial charge in [0.25, 0.3) is 0 Å². The average molecular weight is 325 g/mol. The molecule has 0 aliphatic heterocycles. The molecule has 3 amide bonds. The third-order valence-electron chi connectivity index (χ3n) is 3.65. The van der Waals surface area contributed by atoms with E-state index in [0.717, 1.165) is 11.3 Å². The molecule has 5 heteroatoms. The van der Waals surface area contributed by atoms with Crippen LogP contribution in [0.3, 0.4) is 0 Å². The Bertz CT molecular complexity index is 682. The number of amides is 3. The molecule has 126 valence electrons. The van der Waals surface area contributed by atoms with Crippen LogP contribution >= 0.6 is 0 Å². The van der Waals surface area contributed by atoms with Gasteiger partial charge in [-0.2, -0.15) is 0 Å². The van der Waals surface area contributed by atoms with Crippen LogP contribution in [0.2, 0.25) is 0 Å². The van der Waals surface area contributed by atoms with Crippen LogP contribution in [0.25, 0.3) is 0 Å². The molecule has 2 rings (SSSR count). The lowest BCUT2D eigenvalue weighted by Gasteiger charge is -2.19. The van der Waals surface area contributed by atoms with Gasteiger partial charge in [0.2, 0.25) is 5.91 Å². The number of para-hydroxylation sites is 1. The Hall–Kier alpha value is -2.82. The molecule has 0 saturated carbocycles. The highest BCUT2D eigenvalue weighted by molar-refractivity contribution is 5.93. The first-order valence-electron chi connectivity index (χ1n) is 8.12. The van der Waals surface area contributed by atoms with Crippen molar-refractivity contribution in [2.24, 2.45) is 0 Å². The molecular formula is C19H23N3O2. The van der Waals surface area contributed by atoms with E-state index in [4.69, 9.17) is 0 Å². The van der Waals surface area contributed by atoms with Gasteiger partial charge in [0.15, 0.2) is 0 Å². The van der Waals surface area contributed by atoms with E-state index in [0.29, 0.717) is 18.8 Å². The number of benzene rings is 2. The summed E-state index contributed by atoms with van der Waals surface area (Å²) in [7, 11) is 0. The summed E-state index contributed by atoms with van der Waals surface area (Å²) in [5.41, 5.74) is 2.31. The Morgan fingerprint density at radius 1 is 0.875 bits per heavy atom. The fourth-order valence-electron chi connectivity index (χ4n) is 2.38. The second-order valence-electron chi connectivity index (χ2n) is 5.39. The van der Waals surface area contributed by atoms with Gasteiger partial charge in [-0.1, -0.05) is 30.3 Å². The maximum absolute atomic E-state index is 12.1. The topological polar surface area (TPSA) is 61.4 Å². The predicted octanol–water partition coefficient (Wildman–Crippen LogP) is 3.74. The van der Waals surface area contributed by atoms with Crippen molar-refractivity contribution in [1.82, 2.24) is 4.90 Å². The fraction of sp³-hybridized carbons (Fsp3) is 0.263. The van der Waals surface area contributed by atoms with E-state index in [-0.39, 0.29) is 18.4 Å². The van der Waals surface area contributed by atoms with Crippen LogP contribution in [0.4, 0.5) is 16.2 Å². The molecule has 0 spiro atoms. The molecule has 0 unspecified atom stereocenters. The molecule has 2 N–H and O–H groups in total. The van der Waals surface area contributed by atoms with Gasteiger partial charge in [-0.15, -0.1) is 0 Å². The summed E-state index contributed by atoms with van der Waals surface area (Å²) >= 11 is 0. The van der Waals surface area contributed by atoms with E-state index >= 15 is 0 Å². The molecule has 0 aliphatic rings. The first-order chi connectivity index (χ1) is 11.6. The first kappa shape index (κ1) is 17.5. The summed E-state index contributed by atoms with van der Waals surface area (Å²) in [6.45, 7) is 5.18. The van der Waals surface area contributed by atoms with Gasteiger partial charge in [-0.3, -0.25) is 4.79 Å². The summed E-state index contributed by atoms with van der Waals surface area (Å²) in [5.74, 6) is -0.0894. The van der Waals surface area contributed by atoms with Crippen molar-refractivity contribution in [3.8, 4) is 0 Å². The summed E-state index contributed by atoms with van der Waals surface area (Å²) in [6, 6.07) is 16.6. The number of carbonyl (C=O) groups excluding carboxylic acids is 2. The molecule has 0 fully saturated rings. The Kier molecular flexibility index (Phi) is 6.37. The molecule has 0 heterocycles. The predicted molar refractivity (Wildman–Crippen MR) is 97.2 cm³/mol. The van der Waals surface area contributed by atoms with Crippen LogP contribution < -0.4 is 10.6 Å². The third-order valence-corrected chi connectivity index (χ3v) is 3.65. The van der Waals surface area contributed by atoms with Crippen molar-refractivity contribution in [3.05, 3.63) is 60.2 Å². The van der Waals surface area contributed by atoms with Gasteiger partial charge < -0.3 is 15.5 Å². The molecule has 24 heavy (non-hydrogen) atoms. The van der Waals surface area contributed by atoms with Gasteiger partial charge in [-0.05, 0) is 43.7 Å². The molecule has 0 aliphatic carbocycles. The van der Waals surface area contributed by atoms with Crippen LogP contribution in [0.5, 0.6) is 0 Å². The van der Waals surface area contributed by atoms with Crippen LogP contribution in [-0.4, -0.2) is 29.9 Å². The summed E-state index contributed by atoms with van der Waals surface area (Å²) in [6.07, 6.45) is 0.254. The highest BCUT2D eigenvalue weighted by Gasteiger charge is 2.10. The lowest BCUT2D eigenvalue weighted by atomic mass is 10.1. The van der Waals surface area contributed by atoms with Crippen LogP contribution in [0, 0.1) is 0 Å². The zero-order valence-electron chi connectivity index (χ0n) is 14.1. The Balaban J connectivity index is 1.97. The zero-order chi connectivity index (χ0) is 17.4. The normalized spacial score (nSPS) is 10.1. The van der Waals surface area contributed by atoms with E-state index in [2.05, 4.69) is 10.6 Å². The van der Waals surface area contributed by atoms with Gasteiger partial charge >= 0.3 is 6.03 Å². The van der Waals surface area contributed by atoms with Gasteiger partial charge in [0, 0.05) is 24.5 Å². The van der Waals surface area contributed by atoms with E-state index in [1.54, 1.807) is 4.90 Å². The Morgan fingerprint density at radius 3 is 2.21 bits per heavy atom. The molecule has 2 aromatic carbocycles. The van der Waals surface area contributed by atoms with E-state index < -0.39 is 0 Å².